The molecule has 0 unspecified atom stereocenters. The first-order valence-electron chi connectivity index (χ1n) is 7.03. The lowest BCUT2D eigenvalue weighted by atomic mass is 10.1. The van der Waals surface area contributed by atoms with Crippen LogP contribution in [0.15, 0.2) is 12.4 Å². The molecule has 0 aliphatic carbocycles. The molecular formula is C14H17ClF2N4. The van der Waals surface area contributed by atoms with Gasteiger partial charge in [0, 0.05) is 25.2 Å². The second kappa shape index (κ2) is 5.09. The molecule has 114 valence electrons. The van der Waals surface area contributed by atoms with Gasteiger partial charge in [-0.15, -0.1) is 0 Å². The summed E-state index contributed by atoms with van der Waals surface area (Å²) in [4.78, 5) is 9.96. The minimum absolute atomic E-state index is 0.0535. The van der Waals surface area contributed by atoms with E-state index in [2.05, 4.69) is 9.97 Å². The summed E-state index contributed by atoms with van der Waals surface area (Å²) in [6, 6.07) is 0.191. The van der Waals surface area contributed by atoms with Crippen LogP contribution in [0.5, 0.6) is 0 Å². The summed E-state index contributed by atoms with van der Waals surface area (Å²) in [7, 11) is 0. The summed E-state index contributed by atoms with van der Waals surface area (Å²) in [6.07, 6.45) is 3.94. The summed E-state index contributed by atoms with van der Waals surface area (Å²) < 4.78 is 29.3. The van der Waals surface area contributed by atoms with Crippen LogP contribution in [0.1, 0.15) is 32.7 Å². The van der Waals surface area contributed by atoms with Crippen LogP contribution >= 0.6 is 11.6 Å². The van der Waals surface area contributed by atoms with E-state index in [-0.39, 0.29) is 24.3 Å². The zero-order valence-corrected chi connectivity index (χ0v) is 12.7. The lowest BCUT2D eigenvalue weighted by Crippen LogP contribution is -2.42. The zero-order valence-electron chi connectivity index (χ0n) is 12.0. The van der Waals surface area contributed by atoms with Crippen LogP contribution in [0.4, 0.5) is 14.5 Å². The fourth-order valence-electron chi connectivity index (χ4n) is 2.82. The van der Waals surface area contributed by atoms with Crippen molar-refractivity contribution in [1.82, 2.24) is 14.5 Å². The summed E-state index contributed by atoms with van der Waals surface area (Å²) in [6.45, 7) is 4.39. The molecule has 3 heterocycles. The van der Waals surface area contributed by atoms with Crippen molar-refractivity contribution in [3.05, 3.63) is 17.7 Å². The smallest absolute Gasteiger partial charge is 0.265 e. The van der Waals surface area contributed by atoms with Gasteiger partial charge in [-0.1, -0.05) is 0 Å². The van der Waals surface area contributed by atoms with E-state index < -0.39 is 5.92 Å². The molecule has 2 aromatic heterocycles. The van der Waals surface area contributed by atoms with E-state index in [9.17, 15) is 8.78 Å². The van der Waals surface area contributed by atoms with E-state index in [0.29, 0.717) is 24.2 Å². The molecule has 4 nitrogen and oxygen atoms in total. The fourth-order valence-corrected chi connectivity index (χ4v) is 2.96. The molecule has 0 N–H and O–H groups in total. The monoisotopic (exact) mass is 314 g/mol. The summed E-state index contributed by atoms with van der Waals surface area (Å²) in [5, 5.41) is 0.133. The third-order valence-electron chi connectivity index (χ3n) is 3.81. The predicted octanol–water partition coefficient (Wildman–Crippen LogP) is 3.90. The number of nitrogens with zero attached hydrogens (tertiary/aromatic N) is 4. The van der Waals surface area contributed by atoms with Crippen molar-refractivity contribution in [2.45, 2.75) is 38.7 Å². The summed E-state index contributed by atoms with van der Waals surface area (Å²) in [5.74, 6) is -2.65. The van der Waals surface area contributed by atoms with Crippen molar-refractivity contribution >= 4 is 28.3 Å². The van der Waals surface area contributed by atoms with Gasteiger partial charge in [-0.2, -0.15) is 0 Å². The van der Waals surface area contributed by atoms with Gasteiger partial charge in [0.15, 0.2) is 0 Å². The number of rotatable bonds is 2. The van der Waals surface area contributed by atoms with E-state index >= 15 is 0 Å². The van der Waals surface area contributed by atoms with E-state index in [1.54, 1.807) is 11.1 Å². The van der Waals surface area contributed by atoms with E-state index in [4.69, 9.17) is 11.6 Å². The van der Waals surface area contributed by atoms with Crippen LogP contribution in [0.3, 0.4) is 0 Å². The maximum absolute atomic E-state index is 13.7. The van der Waals surface area contributed by atoms with Gasteiger partial charge in [-0.3, -0.25) is 0 Å². The van der Waals surface area contributed by atoms with E-state index in [1.807, 2.05) is 24.6 Å². The number of anilines is 1. The second-order valence-electron chi connectivity index (χ2n) is 5.77. The first kappa shape index (κ1) is 14.5. The highest BCUT2D eigenvalue weighted by Crippen LogP contribution is 2.35. The standard InChI is InChI=1S/C14H17ClF2N4/c1-9(2)21-7-11(12-10(21)6-18-13(15)19-12)20-5-3-4-14(16,17)8-20/h6-7,9H,3-5,8H2,1-2H3. The van der Waals surface area contributed by atoms with Gasteiger partial charge in [0.25, 0.3) is 5.92 Å². The number of piperidine rings is 1. The number of halogens is 3. The molecule has 0 spiro atoms. The average molecular weight is 315 g/mol. The quantitative estimate of drug-likeness (QED) is 0.788. The molecule has 1 fully saturated rings. The van der Waals surface area contributed by atoms with Gasteiger partial charge >= 0.3 is 0 Å². The Morgan fingerprint density at radius 2 is 2.14 bits per heavy atom. The van der Waals surface area contributed by atoms with Crippen molar-refractivity contribution in [2.24, 2.45) is 0 Å². The van der Waals surface area contributed by atoms with Crippen molar-refractivity contribution in [3.63, 3.8) is 0 Å². The Morgan fingerprint density at radius 3 is 2.81 bits per heavy atom. The van der Waals surface area contributed by atoms with Gasteiger partial charge in [0.05, 0.1) is 23.9 Å². The van der Waals surface area contributed by atoms with Gasteiger partial charge < -0.3 is 9.47 Å². The molecule has 7 heteroatoms. The third-order valence-corrected chi connectivity index (χ3v) is 3.99. The molecule has 2 aromatic rings. The third kappa shape index (κ3) is 2.69. The molecule has 3 rings (SSSR count). The van der Waals surface area contributed by atoms with E-state index in [1.165, 1.54) is 0 Å². The molecule has 0 radical (unpaired) electrons. The van der Waals surface area contributed by atoms with Crippen LogP contribution in [0.25, 0.3) is 11.0 Å². The Bertz CT molecular complexity index is 668. The Balaban J connectivity index is 2.11. The topological polar surface area (TPSA) is 34.0 Å². The predicted molar refractivity (Wildman–Crippen MR) is 79.3 cm³/mol. The molecule has 0 amide bonds. The van der Waals surface area contributed by atoms with Crippen molar-refractivity contribution in [1.29, 1.82) is 0 Å². The second-order valence-corrected chi connectivity index (χ2v) is 6.11. The van der Waals surface area contributed by atoms with Crippen LogP contribution in [0.2, 0.25) is 5.28 Å². The molecule has 1 saturated heterocycles. The lowest BCUT2D eigenvalue weighted by molar-refractivity contribution is -0.0116. The molecule has 0 aromatic carbocycles. The largest absolute Gasteiger partial charge is 0.362 e. The Kier molecular flexibility index (Phi) is 3.51. The molecule has 0 bridgehead atoms. The van der Waals surface area contributed by atoms with Crippen molar-refractivity contribution in [3.8, 4) is 0 Å². The number of hydrogen-bond donors (Lipinski definition) is 0. The summed E-state index contributed by atoms with van der Waals surface area (Å²) >= 11 is 5.88. The van der Waals surface area contributed by atoms with Gasteiger partial charge in [-0.05, 0) is 31.9 Å². The van der Waals surface area contributed by atoms with Crippen molar-refractivity contribution < 1.29 is 8.78 Å². The molecule has 21 heavy (non-hydrogen) atoms. The van der Waals surface area contributed by atoms with Gasteiger partial charge in [0.2, 0.25) is 5.28 Å². The van der Waals surface area contributed by atoms with Crippen LogP contribution in [-0.4, -0.2) is 33.5 Å². The Hall–Kier alpha value is -1.43. The highest BCUT2D eigenvalue weighted by molar-refractivity contribution is 6.28. The number of alkyl halides is 2. The maximum atomic E-state index is 13.7. The number of fused-ring (bicyclic) bond motifs is 1. The Labute approximate surface area is 126 Å². The minimum atomic E-state index is -2.65. The highest BCUT2D eigenvalue weighted by Gasteiger charge is 2.36. The number of aromatic nitrogens is 3. The van der Waals surface area contributed by atoms with Gasteiger partial charge in [0.1, 0.15) is 5.52 Å². The van der Waals surface area contributed by atoms with Crippen LogP contribution in [-0.2, 0) is 0 Å². The molecular weight excluding hydrogens is 298 g/mol. The molecule has 0 saturated carbocycles. The first-order valence-corrected chi connectivity index (χ1v) is 7.41. The SMILES string of the molecule is CC(C)n1cc(N2CCCC(F)(F)C2)c2nc(Cl)ncc21. The number of hydrogen-bond acceptors (Lipinski definition) is 3. The fraction of sp³-hybridized carbons (Fsp3) is 0.571. The van der Waals surface area contributed by atoms with Gasteiger partial charge in [-0.25, -0.2) is 18.7 Å². The molecule has 1 aliphatic rings. The van der Waals surface area contributed by atoms with E-state index in [0.717, 1.165) is 5.52 Å². The molecule has 1 aliphatic heterocycles. The highest BCUT2D eigenvalue weighted by atomic mass is 35.5. The lowest BCUT2D eigenvalue weighted by Gasteiger charge is -2.33. The van der Waals surface area contributed by atoms with Crippen molar-refractivity contribution in [2.75, 3.05) is 18.0 Å². The van der Waals surface area contributed by atoms with Crippen LogP contribution < -0.4 is 4.90 Å². The zero-order chi connectivity index (χ0) is 15.2. The normalized spacial score (nSPS) is 18.7. The Morgan fingerprint density at radius 1 is 1.38 bits per heavy atom. The first-order chi connectivity index (χ1) is 9.87. The summed E-state index contributed by atoms with van der Waals surface area (Å²) in [5.41, 5.74) is 2.17. The maximum Gasteiger partial charge on any atom is 0.265 e. The molecule has 0 atom stereocenters. The van der Waals surface area contributed by atoms with Crippen LogP contribution in [0, 0.1) is 0 Å². The minimum Gasteiger partial charge on any atom is -0.362 e. The average Bonchev–Trinajstić information content (AvgIpc) is 2.76.